The van der Waals surface area contributed by atoms with E-state index in [1.807, 2.05) is 0 Å². The Morgan fingerprint density at radius 1 is 1.35 bits per heavy atom. The van der Waals surface area contributed by atoms with Crippen LogP contribution in [0.15, 0.2) is 18.2 Å². The van der Waals surface area contributed by atoms with Gasteiger partial charge in [-0.1, -0.05) is 6.07 Å². The molecule has 1 heterocycles. The van der Waals surface area contributed by atoms with E-state index in [2.05, 4.69) is 4.98 Å². The molecule has 2 aromatic rings. The van der Waals surface area contributed by atoms with Crippen molar-refractivity contribution in [1.82, 2.24) is 4.98 Å². The Balaban J connectivity index is 2.70. The number of fused-ring (bicyclic) bond motifs is 1. The van der Waals surface area contributed by atoms with Crippen molar-refractivity contribution in [2.24, 2.45) is 5.73 Å². The lowest BCUT2D eigenvalue weighted by Crippen LogP contribution is -2.10. The minimum Gasteiger partial charge on any atom is -0.494 e. The van der Waals surface area contributed by atoms with E-state index in [0.29, 0.717) is 0 Å². The molecule has 1 amide bonds. The summed E-state index contributed by atoms with van der Waals surface area (Å²) >= 11 is 0. The van der Waals surface area contributed by atoms with Crippen molar-refractivity contribution < 1.29 is 23.1 Å². The Morgan fingerprint density at radius 3 is 2.53 bits per heavy atom. The van der Waals surface area contributed by atoms with Crippen LogP contribution in [0.5, 0.6) is 5.88 Å². The van der Waals surface area contributed by atoms with Crippen LogP contribution >= 0.6 is 0 Å². The molecule has 0 spiro atoms. The first-order chi connectivity index (χ1) is 7.80. The number of nitrogens with one attached hydrogen (secondary N) is 1. The molecular weight excluding hydrogens is 237 g/mol. The first-order valence-electron chi connectivity index (χ1n) is 4.52. The molecule has 0 aliphatic rings. The predicted octanol–water partition coefficient (Wildman–Crippen LogP) is 1.99. The number of H-pyrrole nitrogens is 1. The number of alkyl halides is 3. The van der Waals surface area contributed by atoms with Crippen LogP contribution in [0.1, 0.15) is 15.9 Å². The van der Waals surface area contributed by atoms with E-state index in [1.54, 1.807) is 0 Å². The highest BCUT2D eigenvalue weighted by Crippen LogP contribution is 2.34. The number of carbonyl (C=O) groups is 1. The van der Waals surface area contributed by atoms with Crippen LogP contribution in [-0.4, -0.2) is 16.0 Å². The normalized spacial score (nSPS) is 11.9. The minimum absolute atomic E-state index is 0.00567. The highest BCUT2D eigenvalue weighted by atomic mass is 19.4. The molecule has 1 aromatic carbocycles. The van der Waals surface area contributed by atoms with Gasteiger partial charge in [-0.3, -0.25) is 4.79 Å². The number of aromatic nitrogens is 1. The number of nitrogens with two attached hydrogens (primary N) is 1. The Hall–Kier alpha value is -2.18. The second kappa shape index (κ2) is 3.41. The average molecular weight is 244 g/mol. The number of halogens is 3. The van der Waals surface area contributed by atoms with E-state index >= 15 is 0 Å². The van der Waals surface area contributed by atoms with Gasteiger partial charge in [0.2, 0.25) is 5.88 Å². The van der Waals surface area contributed by atoms with Crippen LogP contribution in [0.3, 0.4) is 0 Å². The number of primary amides is 1. The molecule has 4 nitrogen and oxygen atoms in total. The summed E-state index contributed by atoms with van der Waals surface area (Å²) in [4.78, 5) is 13.3. The van der Waals surface area contributed by atoms with E-state index in [4.69, 9.17) is 5.73 Å². The van der Waals surface area contributed by atoms with Gasteiger partial charge in [-0.2, -0.15) is 13.2 Å². The van der Waals surface area contributed by atoms with Crippen LogP contribution in [-0.2, 0) is 6.18 Å². The topological polar surface area (TPSA) is 79.1 Å². The molecule has 0 aliphatic heterocycles. The van der Waals surface area contributed by atoms with Gasteiger partial charge in [0.05, 0.1) is 5.56 Å². The van der Waals surface area contributed by atoms with Gasteiger partial charge in [0.15, 0.2) is 0 Å². The molecule has 0 atom stereocenters. The Bertz CT molecular complexity index is 601. The van der Waals surface area contributed by atoms with Gasteiger partial charge in [0.25, 0.3) is 5.91 Å². The predicted molar refractivity (Wildman–Crippen MR) is 53.5 cm³/mol. The molecule has 0 bridgehead atoms. The van der Waals surface area contributed by atoms with Crippen molar-refractivity contribution in [3.63, 3.8) is 0 Å². The second-order valence-electron chi connectivity index (χ2n) is 3.47. The number of aromatic amines is 1. The van der Waals surface area contributed by atoms with Gasteiger partial charge < -0.3 is 15.8 Å². The van der Waals surface area contributed by atoms with Crippen LogP contribution in [0.25, 0.3) is 10.9 Å². The van der Waals surface area contributed by atoms with Gasteiger partial charge in [-0.05, 0) is 12.1 Å². The monoisotopic (exact) mass is 244 g/mol. The maximum Gasteiger partial charge on any atom is 0.416 e. The van der Waals surface area contributed by atoms with Gasteiger partial charge >= 0.3 is 6.18 Å². The molecule has 0 aliphatic carbocycles. The van der Waals surface area contributed by atoms with Crippen molar-refractivity contribution in [1.29, 1.82) is 0 Å². The fourth-order valence-corrected chi connectivity index (χ4v) is 1.61. The summed E-state index contributed by atoms with van der Waals surface area (Å²) in [6.45, 7) is 0. The number of carbonyl (C=O) groups excluding carboxylic acids is 1. The smallest absolute Gasteiger partial charge is 0.416 e. The largest absolute Gasteiger partial charge is 0.494 e. The lowest BCUT2D eigenvalue weighted by molar-refractivity contribution is -0.137. The van der Waals surface area contributed by atoms with E-state index in [1.165, 1.54) is 0 Å². The number of hydrogen-bond donors (Lipinski definition) is 3. The van der Waals surface area contributed by atoms with Gasteiger partial charge in [0.1, 0.15) is 5.56 Å². The lowest BCUT2D eigenvalue weighted by atomic mass is 10.1. The maximum atomic E-state index is 12.4. The summed E-state index contributed by atoms with van der Waals surface area (Å²) in [7, 11) is 0. The zero-order valence-electron chi connectivity index (χ0n) is 8.30. The summed E-state index contributed by atoms with van der Waals surface area (Å²) in [5, 5.41) is 9.52. The summed E-state index contributed by atoms with van der Waals surface area (Å²) in [6, 6.07) is 2.72. The summed E-state index contributed by atoms with van der Waals surface area (Å²) in [5.41, 5.74) is 3.93. The lowest BCUT2D eigenvalue weighted by Gasteiger charge is -2.05. The minimum atomic E-state index is -4.48. The maximum absolute atomic E-state index is 12.4. The molecule has 4 N–H and O–H groups in total. The van der Waals surface area contributed by atoms with Crippen molar-refractivity contribution >= 4 is 16.8 Å². The molecule has 0 radical (unpaired) electrons. The molecule has 17 heavy (non-hydrogen) atoms. The second-order valence-corrected chi connectivity index (χ2v) is 3.47. The van der Waals surface area contributed by atoms with E-state index in [0.717, 1.165) is 18.2 Å². The molecule has 7 heteroatoms. The fraction of sp³-hybridized carbons (Fsp3) is 0.100. The SMILES string of the molecule is NC(=O)c1c(O)[nH]c2cc(C(F)(F)F)ccc12. The first kappa shape index (κ1) is 11.3. The third-order valence-electron chi connectivity index (χ3n) is 2.35. The highest BCUT2D eigenvalue weighted by Gasteiger charge is 2.31. The van der Waals surface area contributed by atoms with Gasteiger partial charge in [0, 0.05) is 10.9 Å². The Morgan fingerprint density at radius 2 is 2.00 bits per heavy atom. The van der Waals surface area contributed by atoms with Crippen molar-refractivity contribution in [2.75, 3.05) is 0 Å². The molecular formula is C10H7F3N2O2. The molecule has 1 aromatic heterocycles. The average Bonchev–Trinajstić information content (AvgIpc) is 2.50. The number of amides is 1. The standard InChI is InChI=1S/C10H7F3N2O2/c11-10(12,13)4-1-2-5-6(3-4)15-9(17)7(5)8(14)16/h1-3,15,17H,(H2,14,16). The van der Waals surface area contributed by atoms with Crippen LogP contribution in [0.2, 0.25) is 0 Å². The Kier molecular flexibility index (Phi) is 2.27. The van der Waals surface area contributed by atoms with Gasteiger partial charge in [-0.25, -0.2) is 0 Å². The van der Waals surface area contributed by atoms with E-state index in [9.17, 15) is 23.1 Å². The summed E-state index contributed by atoms with van der Waals surface area (Å²) < 4.78 is 37.2. The first-order valence-corrected chi connectivity index (χ1v) is 4.52. The van der Waals surface area contributed by atoms with Crippen LogP contribution < -0.4 is 5.73 Å². The zero-order valence-corrected chi connectivity index (χ0v) is 8.30. The van der Waals surface area contributed by atoms with Crippen molar-refractivity contribution in [3.8, 4) is 5.88 Å². The third kappa shape index (κ3) is 1.79. The number of benzene rings is 1. The van der Waals surface area contributed by atoms with Crippen LogP contribution in [0, 0.1) is 0 Å². The molecule has 0 saturated carbocycles. The molecule has 0 fully saturated rings. The summed E-state index contributed by atoms with van der Waals surface area (Å²) in [6.07, 6.45) is -4.48. The van der Waals surface area contributed by atoms with Crippen molar-refractivity contribution in [3.05, 3.63) is 29.3 Å². The third-order valence-corrected chi connectivity index (χ3v) is 2.35. The van der Waals surface area contributed by atoms with Gasteiger partial charge in [-0.15, -0.1) is 0 Å². The van der Waals surface area contributed by atoms with Crippen LogP contribution in [0.4, 0.5) is 13.2 Å². The van der Waals surface area contributed by atoms with Crippen molar-refractivity contribution in [2.45, 2.75) is 6.18 Å². The highest BCUT2D eigenvalue weighted by molar-refractivity contribution is 6.08. The van der Waals surface area contributed by atoms with E-state index in [-0.39, 0.29) is 16.5 Å². The number of rotatable bonds is 1. The molecule has 2 rings (SSSR count). The molecule has 0 saturated heterocycles. The fourth-order valence-electron chi connectivity index (χ4n) is 1.61. The molecule has 90 valence electrons. The molecule has 0 unspecified atom stereocenters. The quantitative estimate of drug-likeness (QED) is 0.717. The summed E-state index contributed by atoms with van der Waals surface area (Å²) in [5.74, 6) is -1.44. The Labute approximate surface area is 92.8 Å². The number of aromatic hydroxyl groups is 1. The number of hydrogen-bond acceptors (Lipinski definition) is 2. The van der Waals surface area contributed by atoms with E-state index < -0.39 is 23.5 Å². The zero-order chi connectivity index (χ0) is 12.8.